The molecule has 8 nitrogen and oxygen atoms in total. The third-order valence-corrected chi connectivity index (χ3v) is 2.31. The first-order valence-corrected chi connectivity index (χ1v) is 5.83. The monoisotopic (exact) mass is 270 g/mol. The molecule has 0 unspecified atom stereocenters. The van der Waals surface area contributed by atoms with Gasteiger partial charge in [-0.2, -0.15) is 5.10 Å². The van der Waals surface area contributed by atoms with E-state index in [2.05, 4.69) is 10.2 Å². The summed E-state index contributed by atoms with van der Waals surface area (Å²) in [6, 6.07) is 1.41. The highest BCUT2D eigenvalue weighted by Gasteiger charge is 2.20. The van der Waals surface area contributed by atoms with Gasteiger partial charge in [0.25, 0.3) is 5.91 Å². The average molecular weight is 270 g/mol. The normalized spacial score (nSPS) is 10.2. The maximum Gasteiger partial charge on any atom is 0.325 e. The number of aromatic amines is 1. The lowest BCUT2D eigenvalue weighted by Gasteiger charge is -2.20. The summed E-state index contributed by atoms with van der Waals surface area (Å²) in [6.07, 6.45) is 0. The van der Waals surface area contributed by atoms with Crippen LogP contribution < -0.4 is 5.73 Å². The fourth-order valence-electron chi connectivity index (χ4n) is 1.43. The first-order valence-electron chi connectivity index (χ1n) is 5.83. The number of aromatic nitrogens is 2. The van der Waals surface area contributed by atoms with Crippen molar-refractivity contribution in [1.82, 2.24) is 15.1 Å². The van der Waals surface area contributed by atoms with E-state index in [0.717, 1.165) is 0 Å². The second kappa shape index (κ2) is 7.37. The van der Waals surface area contributed by atoms with Gasteiger partial charge in [-0.05, 0) is 6.92 Å². The molecule has 1 aromatic rings. The molecule has 0 bridgehead atoms. The Labute approximate surface area is 110 Å². The number of rotatable bonds is 7. The number of amides is 1. The number of hydrogen-bond donors (Lipinski definition) is 2. The summed E-state index contributed by atoms with van der Waals surface area (Å²) < 4.78 is 9.73. The molecule has 8 heteroatoms. The molecular weight excluding hydrogens is 252 g/mol. The van der Waals surface area contributed by atoms with E-state index < -0.39 is 5.97 Å². The summed E-state index contributed by atoms with van der Waals surface area (Å²) in [5.74, 6) is -0.639. The first-order chi connectivity index (χ1) is 9.08. The van der Waals surface area contributed by atoms with Crippen molar-refractivity contribution in [3.63, 3.8) is 0 Å². The molecule has 0 fully saturated rings. The number of carbonyl (C=O) groups excluding carboxylic acids is 2. The lowest BCUT2D eigenvalue weighted by molar-refractivity contribution is -0.143. The Morgan fingerprint density at radius 3 is 2.79 bits per heavy atom. The van der Waals surface area contributed by atoms with Crippen molar-refractivity contribution in [2.45, 2.75) is 6.92 Å². The van der Waals surface area contributed by atoms with E-state index in [-0.39, 0.29) is 37.1 Å². The fraction of sp³-hybridized carbons (Fsp3) is 0.545. The van der Waals surface area contributed by atoms with Crippen LogP contribution in [0.3, 0.4) is 0 Å². The third-order valence-electron chi connectivity index (χ3n) is 2.31. The number of nitrogens with one attached hydrogen (secondary N) is 1. The van der Waals surface area contributed by atoms with Crippen LogP contribution in [0.15, 0.2) is 6.07 Å². The smallest absolute Gasteiger partial charge is 0.325 e. The van der Waals surface area contributed by atoms with Crippen LogP contribution in [0.1, 0.15) is 17.4 Å². The molecule has 0 saturated carbocycles. The van der Waals surface area contributed by atoms with Gasteiger partial charge in [-0.25, -0.2) is 0 Å². The van der Waals surface area contributed by atoms with E-state index in [4.69, 9.17) is 15.2 Å². The molecule has 0 aliphatic heterocycles. The number of nitrogens with zero attached hydrogens (tertiary/aromatic N) is 2. The van der Waals surface area contributed by atoms with E-state index in [1.165, 1.54) is 18.1 Å². The first kappa shape index (κ1) is 15.0. The number of esters is 1. The Kier molecular flexibility index (Phi) is 5.80. The number of H-pyrrole nitrogens is 1. The number of anilines is 1. The molecule has 1 heterocycles. The van der Waals surface area contributed by atoms with Gasteiger partial charge in [-0.1, -0.05) is 0 Å². The van der Waals surface area contributed by atoms with Crippen LogP contribution in [-0.4, -0.2) is 60.4 Å². The lowest BCUT2D eigenvalue weighted by Crippen LogP contribution is -2.38. The summed E-state index contributed by atoms with van der Waals surface area (Å²) in [5, 5.41) is 6.18. The number of methoxy groups -OCH3 is 1. The molecule has 0 aliphatic carbocycles. The van der Waals surface area contributed by atoms with Crippen molar-refractivity contribution in [3.05, 3.63) is 11.8 Å². The molecule has 1 rings (SSSR count). The predicted molar refractivity (Wildman–Crippen MR) is 67.4 cm³/mol. The van der Waals surface area contributed by atoms with E-state index in [1.54, 1.807) is 6.92 Å². The van der Waals surface area contributed by atoms with Gasteiger partial charge in [-0.15, -0.1) is 0 Å². The van der Waals surface area contributed by atoms with Gasteiger partial charge < -0.3 is 20.1 Å². The van der Waals surface area contributed by atoms with Gasteiger partial charge in [0, 0.05) is 19.7 Å². The zero-order valence-electron chi connectivity index (χ0n) is 11.0. The van der Waals surface area contributed by atoms with Gasteiger partial charge in [0.1, 0.15) is 18.1 Å². The minimum atomic E-state index is -0.473. The van der Waals surface area contributed by atoms with Crippen LogP contribution in [0.5, 0.6) is 0 Å². The van der Waals surface area contributed by atoms with Gasteiger partial charge >= 0.3 is 5.97 Å². The quantitative estimate of drug-likeness (QED) is 0.655. The number of nitrogens with two attached hydrogens (primary N) is 1. The Bertz CT molecular complexity index is 432. The highest BCUT2D eigenvalue weighted by atomic mass is 16.5. The molecule has 1 amide bonds. The highest BCUT2D eigenvalue weighted by Crippen LogP contribution is 2.05. The van der Waals surface area contributed by atoms with Crippen LogP contribution in [0, 0.1) is 0 Å². The molecule has 0 saturated heterocycles. The van der Waals surface area contributed by atoms with Gasteiger partial charge in [0.2, 0.25) is 0 Å². The zero-order valence-corrected chi connectivity index (χ0v) is 11.0. The highest BCUT2D eigenvalue weighted by molar-refractivity contribution is 5.94. The van der Waals surface area contributed by atoms with Crippen molar-refractivity contribution in [2.75, 3.05) is 39.1 Å². The van der Waals surface area contributed by atoms with Gasteiger partial charge in [-0.3, -0.25) is 14.7 Å². The predicted octanol–water partition coefficient (Wildman–Crippen LogP) is -0.356. The molecule has 0 spiro atoms. The van der Waals surface area contributed by atoms with Crippen LogP contribution >= 0.6 is 0 Å². The van der Waals surface area contributed by atoms with Crippen molar-refractivity contribution in [3.8, 4) is 0 Å². The topological polar surface area (TPSA) is 111 Å². The molecule has 0 radical (unpaired) electrons. The summed E-state index contributed by atoms with van der Waals surface area (Å²) >= 11 is 0. The van der Waals surface area contributed by atoms with E-state index in [0.29, 0.717) is 6.61 Å². The molecule has 106 valence electrons. The minimum absolute atomic E-state index is 0.144. The summed E-state index contributed by atoms with van der Waals surface area (Å²) in [7, 11) is 1.52. The Hall–Kier alpha value is -2.09. The minimum Gasteiger partial charge on any atom is -0.465 e. The fourth-order valence-corrected chi connectivity index (χ4v) is 1.43. The second-order valence-electron chi connectivity index (χ2n) is 3.73. The number of ether oxygens (including phenoxy) is 2. The molecule has 19 heavy (non-hydrogen) atoms. The largest absolute Gasteiger partial charge is 0.465 e. The average Bonchev–Trinajstić information content (AvgIpc) is 2.80. The van der Waals surface area contributed by atoms with Crippen LogP contribution in [0.4, 0.5) is 5.82 Å². The standard InChI is InChI=1S/C11H18N4O4/c1-3-19-10(16)7-15(4-5-18-2)11(17)8-6-9(12)14-13-8/h6H,3-5,7H2,1-2H3,(H3,12,13,14). The Balaban J connectivity index is 2.72. The number of hydrogen-bond acceptors (Lipinski definition) is 6. The SMILES string of the molecule is CCOC(=O)CN(CCOC)C(=O)c1cc(N)n[nH]1. The van der Waals surface area contributed by atoms with Crippen molar-refractivity contribution in [1.29, 1.82) is 0 Å². The summed E-state index contributed by atoms with van der Waals surface area (Å²) in [6.45, 7) is 2.41. The van der Waals surface area contributed by atoms with E-state index in [9.17, 15) is 9.59 Å². The van der Waals surface area contributed by atoms with Crippen molar-refractivity contribution < 1.29 is 19.1 Å². The summed E-state index contributed by atoms with van der Waals surface area (Å²) in [4.78, 5) is 24.9. The Morgan fingerprint density at radius 2 is 2.26 bits per heavy atom. The van der Waals surface area contributed by atoms with Crippen LogP contribution in [0.2, 0.25) is 0 Å². The van der Waals surface area contributed by atoms with E-state index in [1.807, 2.05) is 0 Å². The maximum atomic E-state index is 12.1. The maximum absolute atomic E-state index is 12.1. The lowest BCUT2D eigenvalue weighted by atomic mass is 10.3. The van der Waals surface area contributed by atoms with Crippen LogP contribution in [0.25, 0.3) is 0 Å². The van der Waals surface area contributed by atoms with Crippen molar-refractivity contribution >= 4 is 17.7 Å². The molecule has 0 aromatic carbocycles. The summed E-state index contributed by atoms with van der Waals surface area (Å²) in [5.41, 5.74) is 5.66. The van der Waals surface area contributed by atoms with Crippen LogP contribution in [-0.2, 0) is 14.3 Å². The van der Waals surface area contributed by atoms with E-state index >= 15 is 0 Å². The van der Waals surface area contributed by atoms with Gasteiger partial charge in [0.05, 0.1) is 13.2 Å². The number of carbonyl (C=O) groups is 2. The molecule has 1 aromatic heterocycles. The molecule has 3 N–H and O–H groups in total. The molecular formula is C11H18N4O4. The Morgan fingerprint density at radius 1 is 1.53 bits per heavy atom. The second-order valence-corrected chi connectivity index (χ2v) is 3.73. The number of nitrogen functional groups attached to an aromatic ring is 1. The van der Waals surface area contributed by atoms with Gasteiger partial charge in [0.15, 0.2) is 0 Å². The molecule has 0 aliphatic rings. The molecule has 0 atom stereocenters. The third kappa shape index (κ3) is 4.59. The van der Waals surface area contributed by atoms with Crippen molar-refractivity contribution in [2.24, 2.45) is 0 Å². The zero-order chi connectivity index (χ0) is 14.3.